The number of hydrogen-bond acceptors (Lipinski definition) is 7. The SMILES string of the molecule is CC/C=C\C/C=C\C/C=C\C/C=C\C/C=C\C/C=C\C/C=C\C/C=C\C/C=C\C/C=C\C/C=C\CCCCCC(=O)OC(COC(=O)CCCCCCCCCCCCCCCCCCC/C=C\C/C=C\CCCCCCC)COP(=O)(O)OCC[N+](C)(C)C. The molecular formula is C80H135NO8P+. The lowest BCUT2D eigenvalue weighted by atomic mass is 10.0. The quantitative estimate of drug-likeness (QED) is 0.0211. The van der Waals surface area contributed by atoms with Crippen LogP contribution >= 0.6 is 7.82 Å². The molecule has 0 spiro atoms. The highest BCUT2D eigenvalue weighted by Gasteiger charge is 2.27. The van der Waals surface area contributed by atoms with E-state index in [1.165, 1.54) is 135 Å². The fourth-order valence-corrected chi connectivity index (χ4v) is 10.3. The van der Waals surface area contributed by atoms with Gasteiger partial charge in [0.1, 0.15) is 19.8 Å². The zero-order chi connectivity index (χ0) is 65.5. The minimum Gasteiger partial charge on any atom is -0.462 e. The van der Waals surface area contributed by atoms with E-state index in [0.717, 1.165) is 116 Å². The molecule has 0 aromatic heterocycles. The Kier molecular flexibility index (Phi) is 65.6. The van der Waals surface area contributed by atoms with Gasteiger partial charge in [-0.2, -0.15) is 0 Å². The fraction of sp³-hybridized carbons (Fsp3) is 0.650. The third kappa shape index (κ3) is 72.7. The van der Waals surface area contributed by atoms with Crippen LogP contribution in [0.1, 0.15) is 284 Å². The molecule has 0 fully saturated rings. The molecule has 2 unspecified atom stereocenters. The molecule has 0 bridgehead atoms. The van der Waals surface area contributed by atoms with Crippen LogP contribution in [-0.4, -0.2) is 74.9 Å². The Balaban J connectivity index is 4.17. The first kappa shape index (κ1) is 85.6. The predicted molar refractivity (Wildman–Crippen MR) is 390 cm³/mol. The standard InChI is InChI=1S/C80H134NO8P/c1-6-8-10-12-14-16-18-20-22-24-26-28-30-32-34-36-37-38-39-40-41-42-43-45-47-49-51-53-55-57-59-61-63-65-67-69-71-73-80(83)89-78(77-88-90(84,85)87-75-74-81(3,4)5)76-86-79(82)72-70-68-66-64-62-60-58-56-54-52-50-48-46-44-35-33-31-29-27-25-23-21-19-17-15-13-11-9-7-2/h8,10,14,16,19-22,25-28,32,34,37-38,40-41,43,45,49,51,55,57,61,63,78H,6-7,9,11-13,15,17-18,23-24,29-31,33,35-36,39,42,44,46-48,50,52-54,56,58-60,62,64-77H2,1-5H3/p+1/b10-8-,16-14-,21-19-,22-20-,27-25-,28-26-,34-32-,38-37-,41-40-,45-43-,51-49-,57-55-,63-61-. The summed E-state index contributed by atoms with van der Waals surface area (Å²) >= 11 is 0. The molecule has 512 valence electrons. The largest absolute Gasteiger partial charge is 0.472 e. The summed E-state index contributed by atoms with van der Waals surface area (Å²) in [4.78, 5) is 35.9. The Morgan fingerprint density at radius 2 is 0.633 bits per heavy atom. The first-order valence-corrected chi connectivity index (χ1v) is 37.7. The minimum absolute atomic E-state index is 0.0175. The molecule has 0 aliphatic rings. The Hall–Kier alpha value is -4.37. The van der Waals surface area contributed by atoms with Crippen LogP contribution < -0.4 is 0 Å². The molecule has 10 heteroatoms. The maximum atomic E-state index is 12.9. The van der Waals surface area contributed by atoms with E-state index in [-0.39, 0.29) is 32.0 Å². The zero-order valence-electron chi connectivity index (χ0n) is 58.3. The highest BCUT2D eigenvalue weighted by molar-refractivity contribution is 7.47. The smallest absolute Gasteiger partial charge is 0.462 e. The van der Waals surface area contributed by atoms with Crippen LogP contribution in [0.5, 0.6) is 0 Å². The van der Waals surface area contributed by atoms with Crippen molar-refractivity contribution < 1.29 is 42.1 Å². The van der Waals surface area contributed by atoms with E-state index >= 15 is 0 Å². The molecule has 0 aliphatic carbocycles. The first-order valence-electron chi connectivity index (χ1n) is 36.2. The highest BCUT2D eigenvalue weighted by atomic mass is 31.2. The van der Waals surface area contributed by atoms with Crippen LogP contribution in [0.4, 0.5) is 0 Å². The monoisotopic (exact) mass is 1270 g/mol. The average Bonchev–Trinajstić information content (AvgIpc) is 3.58. The van der Waals surface area contributed by atoms with E-state index in [1.54, 1.807) is 0 Å². The summed E-state index contributed by atoms with van der Waals surface area (Å²) in [6, 6.07) is 0. The molecule has 0 radical (unpaired) electrons. The summed E-state index contributed by atoms with van der Waals surface area (Å²) in [7, 11) is 1.44. The van der Waals surface area contributed by atoms with E-state index < -0.39 is 26.5 Å². The van der Waals surface area contributed by atoms with Crippen molar-refractivity contribution in [3.8, 4) is 0 Å². The molecule has 90 heavy (non-hydrogen) atoms. The van der Waals surface area contributed by atoms with Crippen LogP contribution in [-0.2, 0) is 32.7 Å². The van der Waals surface area contributed by atoms with Crippen molar-refractivity contribution in [3.63, 3.8) is 0 Å². The summed E-state index contributed by atoms with van der Waals surface area (Å²) in [6.45, 7) is 4.27. The van der Waals surface area contributed by atoms with Crippen LogP contribution in [0.2, 0.25) is 0 Å². The van der Waals surface area contributed by atoms with E-state index in [9.17, 15) is 19.0 Å². The Morgan fingerprint density at radius 1 is 0.356 bits per heavy atom. The van der Waals surface area contributed by atoms with Crippen molar-refractivity contribution in [1.29, 1.82) is 0 Å². The summed E-state index contributed by atoms with van der Waals surface area (Å²) in [5.41, 5.74) is 0. The zero-order valence-corrected chi connectivity index (χ0v) is 59.2. The van der Waals surface area contributed by atoms with Gasteiger partial charge in [-0.25, -0.2) is 4.57 Å². The van der Waals surface area contributed by atoms with Crippen molar-refractivity contribution in [3.05, 3.63) is 158 Å². The van der Waals surface area contributed by atoms with E-state index in [0.29, 0.717) is 17.4 Å². The summed E-state index contributed by atoms with van der Waals surface area (Å²) in [5.74, 6) is -0.839. The number of unbranched alkanes of at least 4 members (excludes halogenated alkanes) is 25. The molecule has 0 saturated carbocycles. The number of carbonyl (C=O) groups excluding carboxylic acids is 2. The molecule has 0 aliphatic heterocycles. The van der Waals surface area contributed by atoms with Gasteiger partial charge < -0.3 is 18.9 Å². The van der Waals surface area contributed by atoms with Gasteiger partial charge in [0.15, 0.2) is 6.10 Å². The number of phosphoric acid groups is 1. The molecule has 0 rings (SSSR count). The number of likely N-dealkylation sites (N-methyl/N-ethyl adjacent to an activating group) is 1. The predicted octanol–water partition coefficient (Wildman–Crippen LogP) is 23.9. The van der Waals surface area contributed by atoms with Gasteiger partial charge >= 0.3 is 19.8 Å². The van der Waals surface area contributed by atoms with Crippen LogP contribution in [0.15, 0.2) is 158 Å². The molecule has 0 aromatic carbocycles. The number of carbonyl (C=O) groups is 2. The number of allylic oxidation sites excluding steroid dienone is 26. The normalized spacial score (nSPS) is 14.1. The van der Waals surface area contributed by atoms with Gasteiger partial charge in [-0.15, -0.1) is 0 Å². The topological polar surface area (TPSA) is 108 Å². The number of rotatable bonds is 65. The van der Waals surface area contributed by atoms with Gasteiger partial charge in [0.05, 0.1) is 27.7 Å². The fourth-order valence-electron chi connectivity index (χ4n) is 9.52. The summed E-state index contributed by atoms with van der Waals surface area (Å²) in [6.07, 6.45) is 104. The molecule has 0 saturated heterocycles. The third-order valence-electron chi connectivity index (χ3n) is 15.0. The van der Waals surface area contributed by atoms with Gasteiger partial charge in [-0.05, 0) is 128 Å². The number of quaternary nitrogens is 1. The van der Waals surface area contributed by atoms with Gasteiger partial charge in [-0.3, -0.25) is 18.6 Å². The number of ether oxygens (including phenoxy) is 2. The van der Waals surface area contributed by atoms with Crippen molar-refractivity contribution >= 4 is 19.8 Å². The van der Waals surface area contributed by atoms with Crippen molar-refractivity contribution in [1.82, 2.24) is 0 Å². The van der Waals surface area contributed by atoms with Crippen LogP contribution in [0.25, 0.3) is 0 Å². The Bertz CT molecular complexity index is 2080. The maximum Gasteiger partial charge on any atom is 0.472 e. The van der Waals surface area contributed by atoms with Gasteiger partial charge in [0, 0.05) is 12.8 Å². The van der Waals surface area contributed by atoms with Crippen LogP contribution in [0, 0.1) is 0 Å². The minimum atomic E-state index is -4.41. The second kappa shape index (κ2) is 69.0. The second-order valence-corrected chi connectivity index (χ2v) is 26.3. The third-order valence-corrected chi connectivity index (χ3v) is 16.0. The first-order chi connectivity index (χ1) is 44.0. The lowest BCUT2D eigenvalue weighted by Gasteiger charge is -2.24. The number of nitrogens with zero attached hydrogens (tertiary/aromatic N) is 1. The lowest BCUT2D eigenvalue weighted by Crippen LogP contribution is -2.37. The van der Waals surface area contributed by atoms with Gasteiger partial charge in [0.25, 0.3) is 0 Å². The summed E-state index contributed by atoms with van der Waals surface area (Å²) < 4.78 is 34.7. The highest BCUT2D eigenvalue weighted by Crippen LogP contribution is 2.43. The average molecular weight is 1270 g/mol. The molecule has 1 N–H and O–H groups in total. The van der Waals surface area contributed by atoms with Gasteiger partial charge in [-0.1, -0.05) is 300 Å². The number of hydrogen-bond donors (Lipinski definition) is 1. The maximum absolute atomic E-state index is 12.9. The molecular weight excluding hydrogens is 1130 g/mol. The summed E-state index contributed by atoms with van der Waals surface area (Å²) in [5, 5.41) is 0. The van der Waals surface area contributed by atoms with Crippen molar-refractivity contribution in [2.45, 2.75) is 290 Å². The Morgan fingerprint density at radius 3 is 0.956 bits per heavy atom. The molecule has 2 atom stereocenters. The van der Waals surface area contributed by atoms with Crippen molar-refractivity contribution in [2.75, 3.05) is 47.5 Å². The second-order valence-electron chi connectivity index (χ2n) is 24.9. The van der Waals surface area contributed by atoms with E-state index in [2.05, 4.69) is 172 Å². The van der Waals surface area contributed by atoms with Gasteiger partial charge in [0.2, 0.25) is 0 Å². The molecule has 9 nitrogen and oxygen atoms in total. The van der Waals surface area contributed by atoms with Crippen LogP contribution in [0.3, 0.4) is 0 Å². The molecule has 0 aromatic rings. The Labute approximate surface area is 554 Å². The lowest BCUT2D eigenvalue weighted by molar-refractivity contribution is -0.870. The number of esters is 2. The van der Waals surface area contributed by atoms with Crippen molar-refractivity contribution in [2.24, 2.45) is 0 Å². The van der Waals surface area contributed by atoms with E-state index in [1.807, 2.05) is 21.1 Å². The molecule has 0 heterocycles. The number of phosphoric ester groups is 1. The molecule has 0 amide bonds. The van der Waals surface area contributed by atoms with E-state index in [4.69, 9.17) is 18.5 Å².